The van der Waals surface area contributed by atoms with Crippen LogP contribution in [0, 0.1) is 0 Å². The van der Waals surface area contributed by atoms with E-state index in [-0.39, 0.29) is 24.5 Å². The summed E-state index contributed by atoms with van der Waals surface area (Å²) in [5, 5.41) is 14.1. The highest BCUT2D eigenvalue weighted by Crippen LogP contribution is 2.47. The van der Waals surface area contributed by atoms with E-state index in [2.05, 4.69) is 5.10 Å². The maximum atomic E-state index is 12.1. The molecular weight excluding hydrogens is 408 g/mol. The van der Waals surface area contributed by atoms with Gasteiger partial charge in [0, 0.05) is 36.7 Å². The lowest BCUT2D eigenvalue weighted by Gasteiger charge is -2.39. The topological polar surface area (TPSA) is 119 Å². The number of carboxylic acid groups (broad SMARTS) is 1. The van der Waals surface area contributed by atoms with Crippen LogP contribution in [0.15, 0.2) is 30.6 Å². The molecule has 2 aliphatic rings. The highest BCUT2D eigenvalue weighted by Gasteiger charge is 2.34. The van der Waals surface area contributed by atoms with Crippen molar-refractivity contribution >= 4 is 34.0 Å². The zero-order valence-corrected chi connectivity index (χ0v) is 17.7. The number of fused-ring (bicyclic) bond motifs is 1. The van der Waals surface area contributed by atoms with Crippen LogP contribution in [0.25, 0.3) is 11.1 Å². The Morgan fingerprint density at radius 3 is 2.47 bits per heavy atom. The highest BCUT2D eigenvalue weighted by molar-refractivity contribution is 8.24. The van der Waals surface area contributed by atoms with Crippen LogP contribution in [0.4, 0.5) is 16.2 Å². The number of carbonyl (C=O) groups is 2. The molecule has 2 aliphatic heterocycles. The third-order valence-corrected chi connectivity index (χ3v) is 7.63. The van der Waals surface area contributed by atoms with Gasteiger partial charge in [-0.25, -0.2) is 4.79 Å². The zero-order chi connectivity index (χ0) is 21.6. The maximum Gasteiger partial charge on any atom is 0.411 e. The highest BCUT2D eigenvalue weighted by atomic mass is 32.3. The van der Waals surface area contributed by atoms with Crippen molar-refractivity contribution in [3.05, 3.63) is 30.6 Å². The van der Waals surface area contributed by atoms with Gasteiger partial charge in [-0.1, -0.05) is 6.07 Å². The molecule has 0 bridgehead atoms. The first kappa shape index (κ1) is 20.7. The molecule has 0 radical (unpaired) electrons. The van der Waals surface area contributed by atoms with Gasteiger partial charge in [0.1, 0.15) is 0 Å². The summed E-state index contributed by atoms with van der Waals surface area (Å²) in [5.74, 6) is 0.647. The summed E-state index contributed by atoms with van der Waals surface area (Å²) < 4.78 is 21.5. The zero-order valence-electron chi connectivity index (χ0n) is 16.9. The van der Waals surface area contributed by atoms with E-state index < -0.39 is 16.7 Å². The molecule has 1 aromatic carbocycles. The van der Waals surface area contributed by atoms with Crippen molar-refractivity contribution in [2.24, 2.45) is 0 Å². The SMILES string of the molecule is CC(=O)N1c2ccc(-c3cnn(C4CCS(O)(O)CC4)c3)cc2N(C(=O)O)C[C@@H]1C. The summed E-state index contributed by atoms with van der Waals surface area (Å²) in [6, 6.07) is 5.29. The van der Waals surface area contributed by atoms with Gasteiger partial charge in [-0.15, -0.1) is 0 Å². The van der Waals surface area contributed by atoms with E-state index in [9.17, 15) is 23.8 Å². The van der Waals surface area contributed by atoms with Crippen molar-refractivity contribution in [1.29, 1.82) is 0 Å². The minimum atomic E-state index is -2.44. The second-order valence-electron chi connectivity index (χ2n) is 7.99. The maximum absolute atomic E-state index is 12.1. The Kier molecular flexibility index (Phi) is 5.25. The fourth-order valence-electron chi connectivity index (χ4n) is 4.31. The van der Waals surface area contributed by atoms with E-state index in [0.29, 0.717) is 35.7 Å². The third-order valence-electron chi connectivity index (χ3n) is 5.85. The van der Waals surface area contributed by atoms with Crippen molar-refractivity contribution in [3.63, 3.8) is 0 Å². The average molecular weight is 435 g/mol. The molecular formula is C20H26N4O5S. The molecule has 0 aliphatic carbocycles. The van der Waals surface area contributed by atoms with Crippen LogP contribution in [-0.4, -0.2) is 60.1 Å². The van der Waals surface area contributed by atoms with E-state index in [4.69, 9.17) is 0 Å². The van der Waals surface area contributed by atoms with Gasteiger partial charge >= 0.3 is 6.09 Å². The lowest BCUT2D eigenvalue weighted by molar-refractivity contribution is -0.117. The van der Waals surface area contributed by atoms with Gasteiger partial charge in [0.25, 0.3) is 0 Å². The number of benzene rings is 1. The lowest BCUT2D eigenvalue weighted by atomic mass is 10.0. The Balaban J connectivity index is 1.66. The number of aromatic nitrogens is 2. The molecule has 0 saturated carbocycles. The largest absolute Gasteiger partial charge is 0.465 e. The van der Waals surface area contributed by atoms with Crippen LogP contribution in [0.3, 0.4) is 0 Å². The van der Waals surface area contributed by atoms with Crippen LogP contribution in [0.5, 0.6) is 0 Å². The quantitative estimate of drug-likeness (QED) is 0.660. The molecule has 4 rings (SSSR count). The fraction of sp³-hybridized carbons (Fsp3) is 0.450. The first-order valence-electron chi connectivity index (χ1n) is 9.89. The summed E-state index contributed by atoms with van der Waals surface area (Å²) in [6.07, 6.45) is 3.90. The standard InChI is InChI=1S/C20H26N4O5S/c1-13-11-22(20(26)27)19-9-15(3-4-18(19)24(13)14(2)25)16-10-21-23(12-16)17-5-7-30(28,29)8-6-17/h3-4,9-10,12-13,17,28-29H,5-8,11H2,1-2H3,(H,26,27)/t13-/m0/s1. The molecule has 9 nitrogen and oxygen atoms in total. The van der Waals surface area contributed by atoms with Crippen LogP contribution in [0.2, 0.25) is 0 Å². The molecule has 3 N–H and O–H groups in total. The van der Waals surface area contributed by atoms with E-state index in [1.54, 1.807) is 23.2 Å². The van der Waals surface area contributed by atoms with E-state index in [0.717, 1.165) is 11.1 Å². The van der Waals surface area contributed by atoms with Gasteiger partial charge in [0.15, 0.2) is 0 Å². The molecule has 2 aromatic rings. The van der Waals surface area contributed by atoms with Crippen LogP contribution < -0.4 is 9.80 Å². The van der Waals surface area contributed by atoms with Gasteiger partial charge in [0.05, 0.1) is 29.7 Å². The first-order valence-corrected chi connectivity index (χ1v) is 11.8. The summed E-state index contributed by atoms with van der Waals surface area (Å²) >= 11 is 0. The minimum Gasteiger partial charge on any atom is -0.465 e. The van der Waals surface area contributed by atoms with Gasteiger partial charge < -0.3 is 10.0 Å². The first-order chi connectivity index (χ1) is 14.2. The Hall–Kier alpha value is -2.56. The molecule has 1 fully saturated rings. The number of anilines is 2. The second-order valence-corrected chi connectivity index (χ2v) is 10.4. The number of carbonyl (C=O) groups excluding carboxylic acids is 1. The molecule has 0 spiro atoms. The van der Waals surface area contributed by atoms with Gasteiger partial charge in [0.2, 0.25) is 5.91 Å². The normalized spacial score (nSPS) is 22.5. The van der Waals surface area contributed by atoms with Crippen molar-refractivity contribution in [3.8, 4) is 11.1 Å². The number of amides is 2. The van der Waals surface area contributed by atoms with Crippen molar-refractivity contribution < 1.29 is 23.8 Å². The van der Waals surface area contributed by atoms with Crippen LogP contribution >= 0.6 is 10.6 Å². The molecule has 1 saturated heterocycles. The Labute approximate surface area is 176 Å². The predicted octanol–water partition coefficient (Wildman–Crippen LogP) is 3.88. The summed E-state index contributed by atoms with van der Waals surface area (Å²) in [6.45, 7) is 3.52. The predicted molar refractivity (Wildman–Crippen MR) is 117 cm³/mol. The molecule has 162 valence electrons. The number of rotatable bonds is 2. The average Bonchev–Trinajstić information content (AvgIpc) is 3.16. The molecule has 0 unspecified atom stereocenters. The third kappa shape index (κ3) is 3.78. The monoisotopic (exact) mass is 434 g/mol. The Bertz CT molecular complexity index is 981. The molecule has 2 amide bonds. The van der Waals surface area contributed by atoms with Gasteiger partial charge in [-0.2, -0.15) is 15.7 Å². The molecule has 10 heteroatoms. The van der Waals surface area contributed by atoms with Crippen LogP contribution in [0.1, 0.15) is 32.7 Å². The molecule has 1 aromatic heterocycles. The second kappa shape index (κ2) is 7.60. The number of nitrogens with zero attached hydrogens (tertiary/aromatic N) is 4. The van der Waals surface area contributed by atoms with Crippen molar-refractivity contribution in [2.75, 3.05) is 27.9 Å². The summed E-state index contributed by atoms with van der Waals surface area (Å²) in [7, 11) is -2.44. The Morgan fingerprint density at radius 2 is 1.83 bits per heavy atom. The molecule has 3 heterocycles. The van der Waals surface area contributed by atoms with E-state index in [1.165, 1.54) is 11.8 Å². The molecule has 30 heavy (non-hydrogen) atoms. The molecule has 1 atom stereocenters. The summed E-state index contributed by atoms with van der Waals surface area (Å²) in [5.41, 5.74) is 2.71. The fourth-order valence-corrected chi connectivity index (χ4v) is 5.82. The van der Waals surface area contributed by atoms with Crippen LogP contribution in [-0.2, 0) is 4.79 Å². The Morgan fingerprint density at radius 1 is 1.13 bits per heavy atom. The summed E-state index contributed by atoms with van der Waals surface area (Å²) in [4.78, 5) is 26.9. The van der Waals surface area contributed by atoms with Crippen molar-refractivity contribution in [2.45, 2.75) is 38.8 Å². The number of hydrogen-bond acceptors (Lipinski definition) is 5. The van der Waals surface area contributed by atoms with E-state index >= 15 is 0 Å². The lowest BCUT2D eigenvalue weighted by Crippen LogP contribution is -2.51. The minimum absolute atomic E-state index is 0.112. The smallest absolute Gasteiger partial charge is 0.411 e. The van der Waals surface area contributed by atoms with Gasteiger partial charge in [-0.05, 0) is 37.5 Å². The van der Waals surface area contributed by atoms with Crippen molar-refractivity contribution in [1.82, 2.24) is 9.78 Å². The van der Waals surface area contributed by atoms with E-state index in [1.807, 2.05) is 23.9 Å². The number of hydrogen-bond donors (Lipinski definition) is 3. The van der Waals surface area contributed by atoms with Gasteiger partial charge in [-0.3, -0.25) is 23.5 Å².